The average molecular weight is 298 g/mol. The van der Waals surface area contributed by atoms with E-state index in [2.05, 4.69) is 5.32 Å². The number of carbonyl (C=O) groups is 1. The maximum atomic E-state index is 12.0. The number of aryl methyl sites for hydroxylation is 1. The summed E-state index contributed by atoms with van der Waals surface area (Å²) in [5.74, 6) is -0.506. The lowest BCUT2D eigenvalue weighted by atomic mass is 10.2. The van der Waals surface area contributed by atoms with Gasteiger partial charge >= 0.3 is 0 Å². The Bertz CT molecular complexity index is 538. The van der Waals surface area contributed by atoms with E-state index in [0.29, 0.717) is 25.1 Å². The van der Waals surface area contributed by atoms with Crippen molar-refractivity contribution >= 4 is 21.4 Å². The van der Waals surface area contributed by atoms with Crippen LogP contribution in [-0.2, 0) is 14.6 Å². The van der Waals surface area contributed by atoms with Crippen molar-refractivity contribution in [3.05, 3.63) is 29.8 Å². The predicted molar refractivity (Wildman–Crippen MR) is 81.3 cm³/mol. The minimum atomic E-state index is -3.43. The van der Waals surface area contributed by atoms with Gasteiger partial charge in [-0.25, -0.2) is 8.42 Å². The fourth-order valence-electron chi connectivity index (χ4n) is 1.67. The normalized spacial score (nSPS) is 12.9. The monoisotopic (exact) mass is 298 g/mol. The molecule has 0 bridgehead atoms. The quantitative estimate of drug-likeness (QED) is 0.746. The van der Waals surface area contributed by atoms with E-state index in [-0.39, 0.29) is 5.75 Å². The Labute approximate surface area is 120 Å². The van der Waals surface area contributed by atoms with E-state index in [1.807, 2.05) is 19.1 Å². The molecule has 5 nitrogen and oxygen atoms in total. The molecule has 20 heavy (non-hydrogen) atoms. The minimum absolute atomic E-state index is 0.00726. The smallest absolute Gasteiger partial charge is 0.242 e. The lowest BCUT2D eigenvalue weighted by Crippen LogP contribution is -2.34. The number of anilines is 1. The molecule has 0 spiro atoms. The van der Waals surface area contributed by atoms with Crippen LogP contribution in [-0.4, -0.2) is 31.9 Å². The highest BCUT2D eigenvalue weighted by Gasteiger charge is 2.27. The van der Waals surface area contributed by atoms with Crippen molar-refractivity contribution in [2.75, 3.05) is 17.6 Å². The van der Waals surface area contributed by atoms with Crippen molar-refractivity contribution in [3.63, 3.8) is 0 Å². The van der Waals surface area contributed by atoms with Gasteiger partial charge in [0.2, 0.25) is 5.91 Å². The average Bonchev–Trinajstić information content (AvgIpc) is 2.40. The Kier molecular flexibility index (Phi) is 6.16. The van der Waals surface area contributed by atoms with Crippen LogP contribution < -0.4 is 11.1 Å². The van der Waals surface area contributed by atoms with Crippen LogP contribution >= 0.6 is 0 Å². The molecular weight excluding hydrogens is 276 g/mol. The van der Waals surface area contributed by atoms with E-state index in [9.17, 15) is 13.2 Å². The molecule has 0 heterocycles. The Balaban J connectivity index is 2.64. The number of hydrogen-bond donors (Lipinski definition) is 2. The van der Waals surface area contributed by atoms with Gasteiger partial charge in [0, 0.05) is 5.69 Å². The summed E-state index contributed by atoms with van der Waals surface area (Å²) in [6.45, 7) is 3.82. The van der Waals surface area contributed by atoms with Crippen LogP contribution in [0.2, 0.25) is 0 Å². The lowest BCUT2D eigenvalue weighted by Gasteiger charge is -2.13. The third kappa shape index (κ3) is 4.94. The van der Waals surface area contributed by atoms with Crippen LogP contribution in [0.5, 0.6) is 0 Å². The maximum Gasteiger partial charge on any atom is 0.242 e. The van der Waals surface area contributed by atoms with Gasteiger partial charge in [-0.2, -0.15) is 0 Å². The SMILES string of the molecule is Cc1ccc(NC(=O)C(C)S(=O)(=O)CCCCN)cc1. The van der Waals surface area contributed by atoms with Crippen molar-refractivity contribution in [1.82, 2.24) is 0 Å². The summed E-state index contributed by atoms with van der Waals surface area (Å²) in [5.41, 5.74) is 7.01. The molecule has 0 radical (unpaired) electrons. The van der Waals surface area contributed by atoms with Gasteiger partial charge in [-0.3, -0.25) is 4.79 Å². The molecule has 0 saturated heterocycles. The molecule has 0 saturated carbocycles. The summed E-state index contributed by atoms with van der Waals surface area (Å²) in [6.07, 6.45) is 1.13. The van der Waals surface area contributed by atoms with Crippen LogP contribution in [0.15, 0.2) is 24.3 Å². The second-order valence-corrected chi connectivity index (χ2v) is 7.30. The van der Waals surface area contributed by atoms with Gasteiger partial charge in [-0.15, -0.1) is 0 Å². The van der Waals surface area contributed by atoms with Gasteiger partial charge in [0.15, 0.2) is 9.84 Å². The molecule has 1 amide bonds. The van der Waals surface area contributed by atoms with Crippen LogP contribution in [0, 0.1) is 6.92 Å². The number of nitrogens with two attached hydrogens (primary N) is 1. The Morgan fingerprint density at radius 2 is 1.85 bits per heavy atom. The third-order valence-electron chi connectivity index (χ3n) is 3.11. The molecule has 1 aromatic carbocycles. The van der Waals surface area contributed by atoms with Crippen LogP contribution in [0.1, 0.15) is 25.3 Å². The molecule has 3 N–H and O–H groups in total. The molecule has 0 aliphatic carbocycles. The van der Waals surface area contributed by atoms with Gasteiger partial charge in [-0.1, -0.05) is 17.7 Å². The highest BCUT2D eigenvalue weighted by molar-refractivity contribution is 7.92. The third-order valence-corrected chi connectivity index (χ3v) is 5.26. The maximum absolute atomic E-state index is 12.0. The Morgan fingerprint density at radius 1 is 1.25 bits per heavy atom. The number of nitrogens with one attached hydrogen (secondary N) is 1. The first kappa shape index (κ1) is 16.7. The second-order valence-electron chi connectivity index (χ2n) is 4.86. The van der Waals surface area contributed by atoms with E-state index < -0.39 is 21.0 Å². The lowest BCUT2D eigenvalue weighted by molar-refractivity contribution is -0.115. The fourth-order valence-corrected chi connectivity index (χ4v) is 3.01. The summed E-state index contributed by atoms with van der Waals surface area (Å²) in [6, 6.07) is 7.22. The van der Waals surface area contributed by atoms with Crippen LogP contribution in [0.25, 0.3) is 0 Å². The number of sulfone groups is 1. The molecule has 1 unspecified atom stereocenters. The predicted octanol–water partition coefficient (Wildman–Crippen LogP) is 1.48. The molecule has 112 valence electrons. The first-order valence-corrected chi connectivity index (χ1v) is 8.37. The first-order valence-electron chi connectivity index (χ1n) is 6.66. The summed E-state index contributed by atoms with van der Waals surface area (Å²) in [5, 5.41) is 1.57. The standard InChI is InChI=1S/C14H22N2O3S/c1-11-5-7-13(8-6-11)16-14(17)12(2)20(18,19)10-4-3-9-15/h5-8,12H,3-4,9-10,15H2,1-2H3,(H,16,17). The summed E-state index contributed by atoms with van der Waals surface area (Å²) in [7, 11) is -3.43. The Morgan fingerprint density at radius 3 is 2.40 bits per heavy atom. The molecule has 1 aromatic rings. The zero-order chi connectivity index (χ0) is 15.2. The highest BCUT2D eigenvalue weighted by atomic mass is 32.2. The number of carbonyl (C=O) groups excluding carboxylic acids is 1. The summed E-state index contributed by atoms with van der Waals surface area (Å²) >= 11 is 0. The van der Waals surface area contributed by atoms with Crippen molar-refractivity contribution in [1.29, 1.82) is 0 Å². The number of hydrogen-bond acceptors (Lipinski definition) is 4. The van der Waals surface area contributed by atoms with Crippen LogP contribution in [0.4, 0.5) is 5.69 Å². The molecule has 0 aliphatic rings. The molecule has 0 fully saturated rings. The van der Waals surface area contributed by atoms with E-state index in [1.54, 1.807) is 12.1 Å². The van der Waals surface area contributed by atoms with Gasteiger partial charge in [0.25, 0.3) is 0 Å². The van der Waals surface area contributed by atoms with Gasteiger partial charge < -0.3 is 11.1 Å². The van der Waals surface area contributed by atoms with E-state index in [4.69, 9.17) is 5.73 Å². The zero-order valence-electron chi connectivity index (χ0n) is 11.9. The number of amides is 1. The first-order chi connectivity index (χ1) is 9.36. The van der Waals surface area contributed by atoms with Gasteiger partial charge in [0.1, 0.15) is 5.25 Å². The molecule has 1 atom stereocenters. The topological polar surface area (TPSA) is 89.3 Å². The number of rotatable bonds is 7. The van der Waals surface area contributed by atoms with E-state index >= 15 is 0 Å². The number of benzene rings is 1. The highest BCUT2D eigenvalue weighted by Crippen LogP contribution is 2.12. The zero-order valence-corrected chi connectivity index (χ0v) is 12.7. The summed E-state index contributed by atoms with van der Waals surface area (Å²) < 4.78 is 24.0. The fraction of sp³-hybridized carbons (Fsp3) is 0.500. The van der Waals surface area contributed by atoms with Gasteiger partial charge in [0.05, 0.1) is 5.75 Å². The van der Waals surface area contributed by atoms with Crippen molar-refractivity contribution in [2.45, 2.75) is 31.9 Å². The van der Waals surface area contributed by atoms with E-state index in [0.717, 1.165) is 5.56 Å². The molecule has 0 aliphatic heterocycles. The van der Waals surface area contributed by atoms with E-state index in [1.165, 1.54) is 6.92 Å². The Hall–Kier alpha value is -1.40. The largest absolute Gasteiger partial charge is 0.330 e. The molecule has 6 heteroatoms. The minimum Gasteiger partial charge on any atom is -0.330 e. The van der Waals surface area contributed by atoms with Crippen molar-refractivity contribution in [3.8, 4) is 0 Å². The number of unbranched alkanes of at least 4 members (excludes halogenated alkanes) is 1. The molecule has 0 aromatic heterocycles. The van der Waals surface area contributed by atoms with Gasteiger partial charge in [-0.05, 0) is 45.4 Å². The van der Waals surface area contributed by atoms with Crippen molar-refractivity contribution in [2.24, 2.45) is 5.73 Å². The van der Waals surface area contributed by atoms with Crippen molar-refractivity contribution < 1.29 is 13.2 Å². The second kappa shape index (κ2) is 7.40. The van der Waals surface area contributed by atoms with Crippen LogP contribution in [0.3, 0.4) is 0 Å². The molecule has 1 rings (SSSR count). The molecular formula is C14H22N2O3S. The summed E-state index contributed by atoms with van der Waals surface area (Å²) in [4.78, 5) is 12.0.